The first-order chi connectivity index (χ1) is 12.3. The van der Waals surface area contributed by atoms with Gasteiger partial charge in [-0.3, -0.25) is 0 Å². The summed E-state index contributed by atoms with van der Waals surface area (Å²) in [5.74, 6) is -0.280. The van der Waals surface area contributed by atoms with E-state index in [2.05, 4.69) is 25.1 Å². The molecule has 2 aromatic rings. The molecule has 0 fully saturated rings. The molecule has 0 unspecified atom stereocenters. The Morgan fingerprint density at radius 2 is 1.80 bits per heavy atom. The normalized spacial score (nSPS) is 11.7. The molecule has 0 aromatic heterocycles. The number of carbonyl (C=O) groups excluding carboxylic acids is 1. The number of carbonyl (C=O) groups is 1. The molecule has 2 aromatic carbocycles. The van der Waals surface area contributed by atoms with Crippen molar-refractivity contribution >= 4 is 22.8 Å². The number of hydrogen-bond acceptors (Lipinski definition) is 3. The van der Waals surface area contributed by atoms with E-state index in [0.29, 0.717) is 18.8 Å². The lowest BCUT2D eigenvalue weighted by Gasteiger charge is -2.10. The predicted molar refractivity (Wildman–Crippen MR) is 104 cm³/mol. The van der Waals surface area contributed by atoms with E-state index >= 15 is 0 Å². The molecule has 0 saturated heterocycles. The molecule has 0 bridgehead atoms. The van der Waals surface area contributed by atoms with Gasteiger partial charge in [0.25, 0.3) is 0 Å². The van der Waals surface area contributed by atoms with E-state index in [1.54, 1.807) is 0 Å². The first kappa shape index (κ1) is 19.2. The molecule has 3 nitrogen and oxygen atoms in total. The number of hydrogen-bond donors (Lipinski definition) is 0. The van der Waals surface area contributed by atoms with Crippen LogP contribution < -0.4 is 0 Å². The van der Waals surface area contributed by atoms with Gasteiger partial charge in [0.2, 0.25) is 0 Å². The highest BCUT2D eigenvalue weighted by molar-refractivity contribution is 5.98. The van der Waals surface area contributed by atoms with Crippen LogP contribution in [-0.4, -0.2) is 25.8 Å². The number of esters is 1. The Morgan fingerprint density at radius 1 is 1.00 bits per heavy atom. The third kappa shape index (κ3) is 6.02. The summed E-state index contributed by atoms with van der Waals surface area (Å²) in [6.07, 6.45) is 6.25. The van der Waals surface area contributed by atoms with Gasteiger partial charge in [-0.05, 0) is 35.8 Å². The zero-order valence-electron chi connectivity index (χ0n) is 15.3. The molecule has 0 atom stereocenters. The van der Waals surface area contributed by atoms with Gasteiger partial charge < -0.3 is 9.47 Å². The third-order valence-corrected chi connectivity index (χ3v) is 4.11. The van der Waals surface area contributed by atoms with Gasteiger partial charge in [-0.2, -0.15) is 0 Å². The fraction of sp³-hybridized carbons (Fsp3) is 0.409. The topological polar surface area (TPSA) is 35.5 Å². The Kier molecular flexibility index (Phi) is 8.20. The molecule has 0 aliphatic heterocycles. The fourth-order valence-corrected chi connectivity index (χ4v) is 2.72. The SMILES string of the molecule is CCCCCCOC(=O)C(=Cc1cccc2ccccc12)COCC. The number of benzene rings is 2. The van der Waals surface area contributed by atoms with Gasteiger partial charge in [0.15, 0.2) is 0 Å². The Balaban J connectivity index is 2.14. The smallest absolute Gasteiger partial charge is 0.336 e. The van der Waals surface area contributed by atoms with Crippen LogP contribution in [0.1, 0.15) is 45.1 Å². The van der Waals surface area contributed by atoms with Crippen LogP contribution in [0.2, 0.25) is 0 Å². The van der Waals surface area contributed by atoms with Gasteiger partial charge in [0.1, 0.15) is 0 Å². The lowest BCUT2D eigenvalue weighted by Crippen LogP contribution is -2.13. The minimum atomic E-state index is -0.280. The lowest BCUT2D eigenvalue weighted by molar-refractivity contribution is -0.139. The average molecular weight is 340 g/mol. The zero-order valence-corrected chi connectivity index (χ0v) is 15.3. The second kappa shape index (κ2) is 10.7. The van der Waals surface area contributed by atoms with Crippen LogP contribution in [0.4, 0.5) is 0 Å². The van der Waals surface area contributed by atoms with Crippen LogP contribution in [0.15, 0.2) is 48.0 Å². The highest BCUT2D eigenvalue weighted by Crippen LogP contribution is 2.21. The van der Waals surface area contributed by atoms with Gasteiger partial charge in [-0.25, -0.2) is 4.79 Å². The zero-order chi connectivity index (χ0) is 17.9. The van der Waals surface area contributed by atoms with Gasteiger partial charge in [0.05, 0.1) is 18.8 Å². The molecule has 134 valence electrons. The van der Waals surface area contributed by atoms with E-state index < -0.39 is 0 Å². The molecule has 0 saturated carbocycles. The first-order valence-corrected chi connectivity index (χ1v) is 9.19. The first-order valence-electron chi connectivity index (χ1n) is 9.19. The van der Waals surface area contributed by atoms with Crippen LogP contribution in [0.25, 0.3) is 16.8 Å². The molecule has 3 heteroatoms. The van der Waals surface area contributed by atoms with E-state index in [9.17, 15) is 4.79 Å². The highest BCUT2D eigenvalue weighted by atomic mass is 16.5. The summed E-state index contributed by atoms with van der Waals surface area (Å²) >= 11 is 0. The van der Waals surface area contributed by atoms with Crippen molar-refractivity contribution in [1.29, 1.82) is 0 Å². The molecule has 25 heavy (non-hydrogen) atoms. The minimum absolute atomic E-state index is 0.271. The van der Waals surface area contributed by atoms with Crippen LogP contribution >= 0.6 is 0 Å². The van der Waals surface area contributed by atoms with Crippen LogP contribution in [0, 0.1) is 0 Å². The molecule has 0 spiro atoms. The fourth-order valence-electron chi connectivity index (χ4n) is 2.72. The van der Waals surface area contributed by atoms with E-state index in [1.807, 2.05) is 37.3 Å². The van der Waals surface area contributed by atoms with Crippen LogP contribution in [0.3, 0.4) is 0 Å². The van der Waals surface area contributed by atoms with Gasteiger partial charge in [0, 0.05) is 6.61 Å². The summed E-state index contributed by atoms with van der Waals surface area (Å²) in [6, 6.07) is 14.2. The Labute approximate surface area is 150 Å². The molecule has 0 radical (unpaired) electrons. The Bertz CT molecular complexity index is 698. The summed E-state index contributed by atoms with van der Waals surface area (Å²) in [7, 11) is 0. The predicted octanol–water partition coefficient (Wildman–Crippen LogP) is 5.38. The van der Waals surface area contributed by atoms with E-state index in [4.69, 9.17) is 9.47 Å². The van der Waals surface area contributed by atoms with Crippen molar-refractivity contribution in [1.82, 2.24) is 0 Å². The van der Waals surface area contributed by atoms with Crippen molar-refractivity contribution in [3.05, 3.63) is 53.6 Å². The van der Waals surface area contributed by atoms with E-state index in [0.717, 1.165) is 29.2 Å². The van der Waals surface area contributed by atoms with Crippen molar-refractivity contribution in [2.45, 2.75) is 39.5 Å². The monoisotopic (exact) mass is 340 g/mol. The van der Waals surface area contributed by atoms with Gasteiger partial charge in [-0.15, -0.1) is 0 Å². The summed E-state index contributed by atoms with van der Waals surface area (Å²) in [6.45, 7) is 5.40. The standard InChI is InChI=1S/C22H28O3/c1-3-5-6-9-15-25-22(23)20(17-24-4-2)16-19-13-10-12-18-11-7-8-14-21(18)19/h7-8,10-14,16H,3-6,9,15,17H2,1-2H3. The van der Waals surface area contributed by atoms with Gasteiger partial charge in [-0.1, -0.05) is 68.7 Å². The quantitative estimate of drug-likeness (QED) is 0.331. The number of unbranched alkanes of at least 4 members (excludes halogenated alkanes) is 3. The summed E-state index contributed by atoms with van der Waals surface area (Å²) in [5, 5.41) is 2.27. The Hall–Kier alpha value is -2.13. The molecule has 0 amide bonds. The van der Waals surface area contributed by atoms with E-state index in [-0.39, 0.29) is 12.6 Å². The maximum atomic E-state index is 12.5. The molecular formula is C22H28O3. The van der Waals surface area contributed by atoms with E-state index in [1.165, 1.54) is 12.8 Å². The second-order valence-corrected chi connectivity index (χ2v) is 6.07. The van der Waals surface area contributed by atoms with Gasteiger partial charge >= 0.3 is 5.97 Å². The van der Waals surface area contributed by atoms with Crippen molar-refractivity contribution in [3.63, 3.8) is 0 Å². The Morgan fingerprint density at radius 3 is 2.60 bits per heavy atom. The summed E-state index contributed by atoms with van der Waals surface area (Å²) < 4.78 is 10.9. The highest BCUT2D eigenvalue weighted by Gasteiger charge is 2.12. The minimum Gasteiger partial charge on any atom is -0.462 e. The largest absolute Gasteiger partial charge is 0.462 e. The summed E-state index contributed by atoms with van der Waals surface area (Å²) in [5.41, 5.74) is 1.57. The maximum Gasteiger partial charge on any atom is 0.336 e. The van der Waals surface area contributed by atoms with Crippen molar-refractivity contribution in [3.8, 4) is 0 Å². The molecule has 0 N–H and O–H groups in total. The lowest BCUT2D eigenvalue weighted by atomic mass is 10.0. The molecule has 2 rings (SSSR count). The number of ether oxygens (including phenoxy) is 2. The second-order valence-electron chi connectivity index (χ2n) is 6.07. The van der Waals surface area contributed by atoms with Crippen LogP contribution in [0.5, 0.6) is 0 Å². The number of fused-ring (bicyclic) bond motifs is 1. The molecular weight excluding hydrogens is 312 g/mol. The summed E-state index contributed by atoms with van der Waals surface area (Å²) in [4.78, 5) is 12.5. The molecule has 0 aliphatic carbocycles. The van der Waals surface area contributed by atoms with Crippen molar-refractivity contribution < 1.29 is 14.3 Å². The third-order valence-electron chi connectivity index (χ3n) is 4.11. The molecule has 0 heterocycles. The van der Waals surface area contributed by atoms with Crippen molar-refractivity contribution in [2.24, 2.45) is 0 Å². The maximum absolute atomic E-state index is 12.5. The molecule has 0 aliphatic rings. The van der Waals surface area contributed by atoms with Crippen molar-refractivity contribution in [2.75, 3.05) is 19.8 Å². The average Bonchev–Trinajstić information content (AvgIpc) is 2.65. The van der Waals surface area contributed by atoms with Crippen LogP contribution in [-0.2, 0) is 14.3 Å². The number of rotatable bonds is 10.